The van der Waals surface area contributed by atoms with Crippen molar-refractivity contribution in [3.63, 3.8) is 0 Å². The van der Waals surface area contributed by atoms with Gasteiger partial charge in [0.15, 0.2) is 0 Å². The van der Waals surface area contributed by atoms with Crippen LogP contribution in [-0.4, -0.2) is 26.3 Å². The Kier molecular flexibility index (Phi) is 10.2. The van der Waals surface area contributed by atoms with Gasteiger partial charge in [0.05, 0.1) is 32.3 Å². The van der Waals surface area contributed by atoms with Crippen molar-refractivity contribution in [2.75, 3.05) is 21.3 Å². The number of rotatable bonds is 4. The first-order valence-electron chi connectivity index (χ1n) is 8.07. The Morgan fingerprint density at radius 1 is 0.630 bits per heavy atom. The predicted octanol–water partition coefficient (Wildman–Crippen LogP) is 4.99. The van der Waals surface area contributed by atoms with Crippen LogP contribution >= 0.6 is 0 Å². The normalized spacial score (nSPS) is 8.85. The largest absolute Gasteiger partial charge is 0.497 e. The Hall–Kier alpha value is -3.54. The van der Waals surface area contributed by atoms with Gasteiger partial charge in [0, 0.05) is 6.07 Å². The van der Waals surface area contributed by atoms with Gasteiger partial charge in [0.1, 0.15) is 17.2 Å². The number of nitrogens with zero attached hydrogens (tertiary/aromatic N) is 1. The van der Waals surface area contributed by atoms with E-state index in [9.17, 15) is 10.1 Å². The molecule has 0 N–H and O–H groups in total. The molecule has 0 bridgehead atoms. The molecule has 0 amide bonds. The molecule has 0 atom stereocenters. The summed E-state index contributed by atoms with van der Waals surface area (Å²) in [6.07, 6.45) is 0. The first-order chi connectivity index (χ1) is 13.1. The number of hydrogen-bond acceptors (Lipinski definition) is 5. The fourth-order valence-electron chi connectivity index (χ4n) is 1.84. The van der Waals surface area contributed by atoms with Crippen molar-refractivity contribution < 1.29 is 19.1 Å². The van der Waals surface area contributed by atoms with Crippen molar-refractivity contribution in [1.29, 1.82) is 0 Å². The molecule has 142 valence electrons. The summed E-state index contributed by atoms with van der Waals surface area (Å²) in [4.78, 5) is 9.76. The SMILES string of the molecule is COc1cccc([N+](=O)[O-])c1.COc1ccccc1.COc1ccccc1. The molecule has 3 aromatic carbocycles. The fraction of sp³-hybridized carbons (Fsp3) is 0.143. The maximum Gasteiger partial charge on any atom is 0.273 e. The van der Waals surface area contributed by atoms with Gasteiger partial charge in [-0.1, -0.05) is 42.5 Å². The zero-order valence-electron chi connectivity index (χ0n) is 15.6. The third kappa shape index (κ3) is 8.92. The van der Waals surface area contributed by atoms with Gasteiger partial charge in [-0.05, 0) is 30.3 Å². The average molecular weight is 369 g/mol. The van der Waals surface area contributed by atoms with Gasteiger partial charge >= 0.3 is 0 Å². The monoisotopic (exact) mass is 369 g/mol. The number of non-ortho nitro benzene ring substituents is 1. The zero-order valence-corrected chi connectivity index (χ0v) is 15.6. The van der Waals surface area contributed by atoms with E-state index in [-0.39, 0.29) is 5.69 Å². The second-order valence-corrected chi connectivity index (χ2v) is 4.99. The van der Waals surface area contributed by atoms with Crippen LogP contribution in [0.25, 0.3) is 0 Å². The van der Waals surface area contributed by atoms with Gasteiger partial charge in [0.2, 0.25) is 0 Å². The minimum atomic E-state index is -0.456. The molecule has 0 fully saturated rings. The summed E-state index contributed by atoms with van der Waals surface area (Å²) in [5.74, 6) is 2.32. The topological polar surface area (TPSA) is 70.8 Å². The van der Waals surface area contributed by atoms with Crippen LogP contribution in [-0.2, 0) is 0 Å². The predicted molar refractivity (Wildman–Crippen MR) is 106 cm³/mol. The standard InChI is InChI=1S/C7H7NO3.2C7H8O/c1-11-7-4-2-3-6(5-7)8(9)10;2*1-8-7-5-3-2-4-6-7/h2-5H,1H3;2*2-6H,1H3. The average Bonchev–Trinajstić information content (AvgIpc) is 2.75. The van der Waals surface area contributed by atoms with Crippen LogP contribution in [0, 0.1) is 10.1 Å². The summed E-state index contributed by atoms with van der Waals surface area (Å²) < 4.78 is 14.6. The highest BCUT2D eigenvalue weighted by Crippen LogP contribution is 2.18. The number of benzene rings is 3. The van der Waals surface area contributed by atoms with Gasteiger partial charge in [-0.3, -0.25) is 10.1 Å². The van der Waals surface area contributed by atoms with Crippen molar-refractivity contribution in [2.24, 2.45) is 0 Å². The van der Waals surface area contributed by atoms with E-state index in [1.165, 1.54) is 19.2 Å². The Balaban J connectivity index is 0.000000206. The Bertz CT molecular complexity index is 739. The summed E-state index contributed by atoms with van der Waals surface area (Å²) in [6, 6.07) is 25.4. The summed E-state index contributed by atoms with van der Waals surface area (Å²) in [6.45, 7) is 0. The molecule has 3 rings (SSSR count). The maximum absolute atomic E-state index is 10.2. The maximum atomic E-state index is 10.2. The molecule has 0 saturated carbocycles. The second kappa shape index (κ2) is 12.8. The van der Waals surface area contributed by atoms with E-state index in [0.717, 1.165) is 11.5 Å². The third-order valence-electron chi connectivity index (χ3n) is 3.22. The van der Waals surface area contributed by atoms with Gasteiger partial charge in [0.25, 0.3) is 5.69 Å². The summed E-state index contributed by atoms with van der Waals surface area (Å²) in [5, 5.41) is 10.2. The highest BCUT2D eigenvalue weighted by atomic mass is 16.6. The van der Waals surface area contributed by atoms with Gasteiger partial charge < -0.3 is 14.2 Å². The van der Waals surface area contributed by atoms with Crippen molar-refractivity contribution in [1.82, 2.24) is 0 Å². The van der Waals surface area contributed by atoms with Crippen molar-refractivity contribution in [3.8, 4) is 17.2 Å². The van der Waals surface area contributed by atoms with Crippen LogP contribution in [0.5, 0.6) is 17.2 Å². The van der Waals surface area contributed by atoms with E-state index in [0.29, 0.717) is 5.75 Å². The van der Waals surface area contributed by atoms with Gasteiger partial charge in [-0.15, -0.1) is 0 Å². The molecule has 0 radical (unpaired) electrons. The lowest BCUT2D eigenvalue weighted by Crippen LogP contribution is -1.88. The Morgan fingerprint density at radius 2 is 1.04 bits per heavy atom. The molecule has 27 heavy (non-hydrogen) atoms. The van der Waals surface area contributed by atoms with Crippen molar-refractivity contribution in [2.45, 2.75) is 0 Å². The van der Waals surface area contributed by atoms with Crippen LogP contribution in [0.2, 0.25) is 0 Å². The molecule has 0 aliphatic heterocycles. The van der Waals surface area contributed by atoms with Crippen LogP contribution in [0.4, 0.5) is 5.69 Å². The highest BCUT2D eigenvalue weighted by Gasteiger charge is 2.04. The van der Waals surface area contributed by atoms with E-state index in [2.05, 4.69) is 0 Å². The lowest BCUT2D eigenvalue weighted by Gasteiger charge is -1.96. The first kappa shape index (κ1) is 21.5. The minimum absolute atomic E-state index is 0.0457. The number of para-hydroxylation sites is 2. The summed E-state index contributed by atoms with van der Waals surface area (Å²) in [5.41, 5.74) is 0.0457. The number of ether oxygens (including phenoxy) is 3. The molecule has 6 nitrogen and oxygen atoms in total. The first-order valence-corrected chi connectivity index (χ1v) is 8.07. The zero-order chi connectivity index (χ0) is 19.9. The van der Waals surface area contributed by atoms with Crippen LogP contribution in [0.1, 0.15) is 0 Å². The van der Waals surface area contributed by atoms with Gasteiger partial charge in [-0.2, -0.15) is 0 Å². The van der Waals surface area contributed by atoms with Crippen LogP contribution in [0.3, 0.4) is 0 Å². The molecule has 0 aromatic heterocycles. The lowest BCUT2D eigenvalue weighted by atomic mass is 10.3. The molecule has 0 aliphatic carbocycles. The van der Waals surface area contributed by atoms with E-state index >= 15 is 0 Å². The van der Waals surface area contributed by atoms with Crippen LogP contribution < -0.4 is 14.2 Å². The fourth-order valence-corrected chi connectivity index (χ4v) is 1.84. The summed E-state index contributed by atoms with van der Waals surface area (Å²) >= 11 is 0. The molecule has 0 saturated heterocycles. The Labute approximate surface area is 159 Å². The molecular weight excluding hydrogens is 346 g/mol. The molecule has 6 heteroatoms. The number of nitro benzene ring substituents is 1. The molecule has 0 spiro atoms. The third-order valence-corrected chi connectivity index (χ3v) is 3.22. The number of methoxy groups -OCH3 is 3. The molecule has 0 aliphatic rings. The quantitative estimate of drug-likeness (QED) is 0.478. The lowest BCUT2D eigenvalue weighted by molar-refractivity contribution is -0.384. The minimum Gasteiger partial charge on any atom is -0.497 e. The molecule has 3 aromatic rings. The molecule has 0 heterocycles. The number of nitro groups is 1. The smallest absolute Gasteiger partial charge is 0.273 e. The van der Waals surface area contributed by atoms with Gasteiger partial charge in [-0.25, -0.2) is 0 Å². The second-order valence-electron chi connectivity index (χ2n) is 4.99. The Morgan fingerprint density at radius 3 is 1.37 bits per heavy atom. The van der Waals surface area contributed by atoms with E-state index in [1.807, 2.05) is 60.7 Å². The number of hydrogen-bond donors (Lipinski definition) is 0. The van der Waals surface area contributed by atoms with Crippen molar-refractivity contribution >= 4 is 5.69 Å². The molecule has 0 unspecified atom stereocenters. The van der Waals surface area contributed by atoms with Crippen molar-refractivity contribution in [3.05, 3.63) is 95.0 Å². The van der Waals surface area contributed by atoms with Crippen LogP contribution in [0.15, 0.2) is 84.9 Å². The summed E-state index contributed by atoms with van der Waals surface area (Å²) in [7, 11) is 4.80. The molecular formula is C21H23NO5. The van der Waals surface area contributed by atoms with E-state index in [1.54, 1.807) is 26.4 Å². The van der Waals surface area contributed by atoms with E-state index < -0.39 is 4.92 Å². The van der Waals surface area contributed by atoms with E-state index in [4.69, 9.17) is 14.2 Å². The highest BCUT2D eigenvalue weighted by molar-refractivity contribution is 5.37.